The Labute approximate surface area is 121 Å². The van der Waals surface area contributed by atoms with Crippen LogP contribution in [0.5, 0.6) is 0 Å². The van der Waals surface area contributed by atoms with Gasteiger partial charge in [0.25, 0.3) is 0 Å². The van der Waals surface area contributed by atoms with Gasteiger partial charge in [0.05, 0.1) is 19.3 Å². The molecular formula is C13H16N2O2S2. The van der Waals surface area contributed by atoms with Gasteiger partial charge in [0.1, 0.15) is 9.12 Å². The van der Waals surface area contributed by atoms with E-state index < -0.39 is 0 Å². The number of methoxy groups -OCH3 is 1. The Morgan fingerprint density at radius 1 is 1.42 bits per heavy atom. The van der Waals surface area contributed by atoms with Gasteiger partial charge in [-0.15, -0.1) is 11.8 Å². The molecule has 3 rings (SSSR count). The maximum atomic E-state index is 5.73. The first-order valence-electron chi connectivity index (χ1n) is 6.00. The highest BCUT2D eigenvalue weighted by molar-refractivity contribution is 8.39. The van der Waals surface area contributed by atoms with Gasteiger partial charge in [-0.1, -0.05) is 30.0 Å². The highest BCUT2D eigenvalue weighted by atomic mass is 32.2. The molecule has 0 saturated carbocycles. The lowest BCUT2D eigenvalue weighted by molar-refractivity contribution is -0.00621. The van der Waals surface area contributed by atoms with Gasteiger partial charge in [-0.2, -0.15) is 0 Å². The summed E-state index contributed by atoms with van der Waals surface area (Å²) in [5.41, 5.74) is 2.31. The SMILES string of the molecule is CO[C@@H]1N(OC)c2ccccc2[C@@]12CN=C(SC)S2. The number of ether oxygens (including phenoxy) is 1. The number of para-hydroxylation sites is 1. The van der Waals surface area contributed by atoms with Crippen molar-refractivity contribution in [1.82, 2.24) is 0 Å². The quantitative estimate of drug-likeness (QED) is 0.838. The van der Waals surface area contributed by atoms with Crippen LogP contribution in [-0.2, 0) is 14.3 Å². The number of thioether (sulfide) groups is 2. The summed E-state index contributed by atoms with van der Waals surface area (Å²) in [6, 6.07) is 8.29. The van der Waals surface area contributed by atoms with Crippen molar-refractivity contribution in [2.24, 2.45) is 4.99 Å². The van der Waals surface area contributed by atoms with Crippen molar-refractivity contribution in [3.05, 3.63) is 29.8 Å². The van der Waals surface area contributed by atoms with Crippen molar-refractivity contribution in [3.63, 3.8) is 0 Å². The number of hydrogen-bond acceptors (Lipinski definition) is 6. The fraction of sp³-hybridized carbons (Fsp3) is 0.462. The van der Waals surface area contributed by atoms with Crippen LogP contribution >= 0.6 is 23.5 Å². The number of rotatable bonds is 2. The van der Waals surface area contributed by atoms with Gasteiger partial charge < -0.3 is 4.74 Å². The van der Waals surface area contributed by atoms with Gasteiger partial charge in [-0.3, -0.25) is 9.83 Å². The normalized spacial score (nSPS) is 28.9. The third-order valence-electron chi connectivity index (χ3n) is 3.52. The second-order valence-electron chi connectivity index (χ2n) is 4.39. The van der Waals surface area contributed by atoms with E-state index in [2.05, 4.69) is 29.4 Å². The van der Waals surface area contributed by atoms with E-state index in [1.165, 1.54) is 5.56 Å². The molecule has 1 aromatic rings. The summed E-state index contributed by atoms with van der Waals surface area (Å²) in [7, 11) is 3.40. The molecule has 2 aliphatic rings. The van der Waals surface area contributed by atoms with Crippen LogP contribution in [0.15, 0.2) is 29.3 Å². The zero-order chi connectivity index (χ0) is 13.5. The zero-order valence-corrected chi connectivity index (χ0v) is 12.8. The van der Waals surface area contributed by atoms with E-state index in [1.54, 1.807) is 37.7 Å². The standard InChI is InChI=1S/C13H16N2O2S2/c1-16-11-13(8-14-12(18-3)19-13)9-6-4-5-7-10(9)15(11)17-2/h4-7,11H,8H2,1-3H3/t11-,13-/m0/s1. The number of hydrogen-bond donors (Lipinski definition) is 0. The van der Waals surface area contributed by atoms with Crippen LogP contribution in [0, 0.1) is 0 Å². The lowest BCUT2D eigenvalue weighted by Crippen LogP contribution is -2.44. The zero-order valence-electron chi connectivity index (χ0n) is 11.1. The molecule has 0 saturated heterocycles. The smallest absolute Gasteiger partial charge is 0.174 e. The molecular weight excluding hydrogens is 280 g/mol. The summed E-state index contributed by atoms with van der Waals surface area (Å²) in [6.45, 7) is 0.725. The fourth-order valence-corrected chi connectivity index (χ4v) is 4.85. The topological polar surface area (TPSA) is 34.1 Å². The number of nitrogens with zero attached hydrogens (tertiary/aromatic N) is 2. The number of benzene rings is 1. The summed E-state index contributed by atoms with van der Waals surface area (Å²) in [4.78, 5) is 10.2. The van der Waals surface area contributed by atoms with Crippen molar-refractivity contribution < 1.29 is 9.57 Å². The third kappa shape index (κ3) is 1.81. The first-order valence-corrected chi connectivity index (χ1v) is 8.04. The summed E-state index contributed by atoms with van der Waals surface area (Å²) in [6.07, 6.45) is 1.90. The summed E-state index contributed by atoms with van der Waals surface area (Å²) in [5.74, 6) is 0. The second kappa shape index (κ2) is 5.01. The maximum Gasteiger partial charge on any atom is 0.174 e. The number of hydroxylamine groups is 1. The molecule has 0 unspecified atom stereocenters. The van der Waals surface area contributed by atoms with Crippen LogP contribution in [0.25, 0.3) is 0 Å². The minimum absolute atomic E-state index is 0.159. The largest absolute Gasteiger partial charge is 0.357 e. The first kappa shape index (κ1) is 13.3. The maximum absolute atomic E-state index is 5.73. The molecule has 0 fully saturated rings. The molecule has 0 N–H and O–H groups in total. The number of anilines is 1. The average molecular weight is 296 g/mol. The molecule has 0 amide bonds. The number of aliphatic imine (C=N–C) groups is 1. The lowest BCUT2D eigenvalue weighted by atomic mass is 9.99. The molecule has 0 radical (unpaired) electrons. The molecule has 102 valence electrons. The molecule has 1 aromatic carbocycles. The van der Waals surface area contributed by atoms with Crippen molar-refractivity contribution in [2.45, 2.75) is 11.0 Å². The molecule has 2 atom stereocenters. The fourth-order valence-electron chi connectivity index (χ4n) is 2.73. The molecule has 6 heteroatoms. The Bertz CT molecular complexity index is 523. The monoisotopic (exact) mass is 296 g/mol. The molecule has 2 aliphatic heterocycles. The minimum Gasteiger partial charge on any atom is -0.357 e. The summed E-state index contributed by atoms with van der Waals surface area (Å²) in [5, 5.41) is 1.85. The van der Waals surface area contributed by atoms with E-state index in [1.807, 2.05) is 11.1 Å². The van der Waals surface area contributed by atoms with E-state index in [-0.39, 0.29) is 11.0 Å². The van der Waals surface area contributed by atoms with Crippen molar-refractivity contribution in [3.8, 4) is 0 Å². The Hall–Kier alpha value is -0.690. The predicted octanol–water partition coefficient (Wildman–Crippen LogP) is 2.70. The molecule has 19 heavy (non-hydrogen) atoms. The Balaban J connectivity index is 2.09. The van der Waals surface area contributed by atoms with Crippen molar-refractivity contribution in [2.75, 3.05) is 32.1 Å². The van der Waals surface area contributed by atoms with E-state index in [0.717, 1.165) is 16.6 Å². The van der Waals surface area contributed by atoms with Gasteiger partial charge in [-0.05, 0) is 12.3 Å². The first-order chi connectivity index (χ1) is 9.26. The van der Waals surface area contributed by atoms with Gasteiger partial charge >= 0.3 is 0 Å². The summed E-state index contributed by atoms with van der Waals surface area (Å²) < 4.78 is 6.64. The molecule has 0 aliphatic carbocycles. The third-order valence-corrected chi connectivity index (χ3v) is 5.96. The van der Waals surface area contributed by atoms with E-state index in [0.29, 0.717) is 0 Å². The lowest BCUT2D eigenvalue weighted by Gasteiger charge is -2.32. The van der Waals surface area contributed by atoms with Crippen LogP contribution in [0.1, 0.15) is 5.56 Å². The predicted molar refractivity (Wildman–Crippen MR) is 81.8 cm³/mol. The van der Waals surface area contributed by atoms with Crippen molar-refractivity contribution in [1.29, 1.82) is 0 Å². The number of fused-ring (bicyclic) bond motifs is 2. The van der Waals surface area contributed by atoms with E-state index in [4.69, 9.17) is 9.57 Å². The molecule has 1 spiro atoms. The van der Waals surface area contributed by atoms with E-state index in [9.17, 15) is 0 Å². The second-order valence-corrected chi connectivity index (χ2v) is 6.76. The van der Waals surface area contributed by atoms with Crippen LogP contribution < -0.4 is 5.06 Å². The van der Waals surface area contributed by atoms with E-state index >= 15 is 0 Å². The van der Waals surface area contributed by atoms with Gasteiger partial charge in [0.15, 0.2) is 6.23 Å². The van der Waals surface area contributed by atoms with Crippen LogP contribution in [0.2, 0.25) is 0 Å². The van der Waals surface area contributed by atoms with Crippen LogP contribution in [0.4, 0.5) is 5.69 Å². The molecule has 0 bridgehead atoms. The van der Waals surface area contributed by atoms with Crippen molar-refractivity contribution >= 4 is 33.6 Å². The Morgan fingerprint density at radius 2 is 2.21 bits per heavy atom. The average Bonchev–Trinajstić information content (AvgIpc) is 3.00. The highest BCUT2D eigenvalue weighted by Gasteiger charge is 2.55. The molecule has 4 nitrogen and oxygen atoms in total. The van der Waals surface area contributed by atoms with Crippen LogP contribution in [0.3, 0.4) is 0 Å². The minimum atomic E-state index is -0.195. The molecule has 0 aromatic heterocycles. The van der Waals surface area contributed by atoms with Gasteiger partial charge in [0, 0.05) is 12.7 Å². The Kier molecular flexibility index (Phi) is 3.51. The highest BCUT2D eigenvalue weighted by Crippen LogP contribution is 2.56. The van der Waals surface area contributed by atoms with Crippen LogP contribution in [-0.4, -0.2) is 37.6 Å². The Morgan fingerprint density at radius 3 is 2.84 bits per heavy atom. The van der Waals surface area contributed by atoms with Gasteiger partial charge in [-0.25, -0.2) is 5.06 Å². The van der Waals surface area contributed by atoms with Gasteiger partial charge in [0.2, 0.25) is 0 Å². The summed E-state index contributed by atoms with van der Waals surface area (Å²) >= 11 is 3.47. The molecule has 2 heterocycles.